The summed E-state index contributed by atoms with van der Waals surface area (Å²) in [6, 6.07) is 5.57. The third-order valence-corrected chi connectivity index (χ3v) is 5.80. The smallest absolute Gasteiger partial charge is 0.246 e. The number of hydrogen-bond acceptors (Lipinski definition) is 3. The van der Waals surface area contributed by atoms with E-state index in [0.717, 1.165) is 26.1 Å². The molecule has 4 nitrogen and oxygen atoms in total. The fourth-order valence-corrected chi connectivity index (χ4v) is 4.06. The van der Waals surface area contributed by atoms with Crippen LogP contribution in [0.15, 0.2) is 29.2 Å². The van der Waals surface area contributed by atoms with Gasteiger partial charge in [-0.05, 0) is 25.1 Å². The lowest BCUT2D eigenvalue weighted by Gasteiger charge is -2.34. The van der Waals surface area contributed by atoms with Gasteiger partial charge in [-0.2, -0.15) is 4.31 Å². The van der Waals surface area contributed by atoms with Crippen LogP contribution in [-0.4, -0.2) is 50.3 Å². The molecule has 1 fully saturated rings. The number of piperazine rings is 1. The number of rotatable bonds is 6. The van der Waals surface area contributed by atoms with Gasteiger partial charge in [-0.3, -0.25) is 0 Å². The van der Waals surface area contributed by atoms with E-state index in [1.54, 1.807) is 6.07 Å². The van der Waals surface area contributed by atoms with Crippen molar-refractivity contribution in [3.63, 3.8) is 0 Å². The Kier molecular flexibility index (Phi) is 5.72. The number of halogens is 1. The van der Waals surface area contributed by atoms with E-state index in [-0.39, 0.29) is 4.90 Å². The largest absolute Gasteiger partial charge is 0.301 e. The molecule has 1 saturated heterocycles. The molecule has 0 unspecified atom stereocenters. The molecule has 0 N–H and O–H groups in total. The Morgan fingerprint density at radius 2 is 1.76 bits per heavy atom. The SMILES string of the molecule is CCCCCN1CCN(S(=O)(=O)c2ccccc2F)CC1. The molecule has 0 spiro atoms. The summed E-state index contributed by atoms with van der Waals surface area (Å²) in [6.45, 7) is 5.49. The van der Waals surface area contributed by atoms with Crippen molar-refractivity contribution in [2.75, 3.05) is 32.7 Å². The predicted octanol–water partition coefficient (Wildman–Crippen LogP) is 2.32. The summed E-state index contributed by atoms with van der Waals surface area (Å²) in [5.41, 5.74) is 0. The monoisotopic (exact) mass is 314 g/mol. The highest BCUT2D eigenvalue weighted by molar-refractivity contribution is 7.89. The number of unbranched alkanes of at least 4 members (excludes halogenated alkanes) is 2. The molecular weight excluding hydrogens is 291 g/mol. The first-order valence-corrected chi connectivity index (χ1v) is 8.96. The van der Waals surface area contributed by atoms with Gasteiger partial charge < -0.3 is 4.90 Å². The molecule has 21 heavy (non-hydrogen) atoms. The Labute approximate surface area is 126 Å². The molecular formula is C15H23FN2O2S. The summed E-state index contributed by atoms with van der Waals surface area (Å²) in [4.78, 5) is 2.06. The van der Waals surface area contributed by atoms with Crippen molar-refractivity contribution >= 4 is 10.0 Å². The van der Waals surface area contributed by atoms with Crippen LogP contribution in [-0.2, 0) is 10.0 Å². The Balaban J connectivity index is 1.97. The molecule has 1 aromatic rings. The molecule has 0 radical (unpaired) electrons. The number of sulfonamides is 1. The highest BCUT2D eigenvalue weighted by Gasteiger charge is 2.30. The molecule has 0 amide bonds. The molecule has 1 heterocycles. The predicted molar refractivity (Wildman–Crippen MR) is 81.1 cm³/mol. The van der Waals surface area contributed by atoms with Crippen LogP contribution in [0.2, 0.25) is 0 Å². The maximum absolute atomic E-state index is 13.7. The third kappa shape index (κ3) is 4.02. The Hall–Kier alpha value is -0.980. The van der Waals surface area contributed by atoms with Gasteiger partial charge in [-0.15, -0.1) is 0 Å². The molecule has 6 heteroatoms. The zero-order valence-corrected chi connectivity index (χ0v) is 13.3. The highest BCUT2D eigenvalue weighted by Crippen LogP contribution is 2.20. The quantitative estimate of drug-likeness (QED) is 0.757. The Morgan fingerprint density at radius 3 is 2.38 bits per heavy atom. The van der Waals surface area contributed by atoms with Crippen molar-refractivity contribution in [2.24, 2.45) is 0 Å². The minimum absolute atomic E-state index is 0.218. The van der Waals surface area contributed by atoms with Crippen molar-refractivity contribution in [3.05, 3.63) is 30.1 Å². The average Bonchev–Trinajstić information content (AvgIpc) is 2.48. The van der Waals surface area contributed by atoms with Crippen LogP contribution in [0.5, 0.6) is 0 Å². The van der Waals surface area contributed by atoms with Gasteiger partial charge in [0, 0.05) is 26.2 Å². The number of hydrogen-bond donors (Lipinski definition) is 0. The van der Waals surface area contributed by atoms with Crippen LogP contribution in [0, 0.1) is 5.82 Å². The molecule has 2 rings (SSSR count). The van der Waals surface area contributed by atoms with Gasteiger partial charge in [-0.25, -0.2) is 12.8 Å². The van der Waals surface area contributed by atoms with Crippen molar-refractivity contribution in [2.45, 2.75) is 31.1 Å². The molecule has 1 aliphatic rings. The lowest BCUT2D eigenvalue weighted by atomic mass is 10.2. The molecule has 0 aliphatic carbocycles. The van der Waals surface area contributed by atoms with Crippen molar-refractivity contribution in [3.8, 4) is 0 Å². The summed E-state index contributed by atoms with van der Waals surface area (Å²) in [5, 5.41) is 0. The Bertz CT molecular complexity index is 555. The molecule has 0 aromatic heterocycles. The van der Waals surface area contributed by atoms with E-state index in [1.807, 2.05) is 0 Å². The molecule has 118 valence electrons. The highest BCUT2D eigenvalue weighted by atomic mass is 32.2. The maximum atomic E-state index is 13.7. The van der Waals surface area contributed by atoms with E-state index < -0.39 is 15.8 Å². The molecule has 1 aliphatic heterocycles. The van der Waals surface area contributed by atoms with Gasteiger partial charge in [0.2, 0.25) is 10.0 Å². The van der Waals surface area contributed by atoms with Gasteiger partial charge in [0.25, 0.3) is 0 Å². The second-order valence-electron chi connectivity index (χ2n) is 5.38. The fourth-order valence-electron chi connectivity index (χ4n) is 2.57. The van der Waals surface area contributed by atoms with Crippen LogP contribution in [0.3, 0.4) is 0 Å². The first-order valence-electron chi connectivity index (χ1n) is 7.52. The van der Waals surface area contributed by atoms with Gasteiger partial charge in [0.1, 0.15) is 10.7 Å². The first-order chi connectivity index (χ1) is 10.1. The van der Waals surface area contributed by atoms with E-state index >= 15 is 0 Å². The zero-order valence-electron chi connectivity index (χ0n) is 12.5. The normalized spacial score (nSPS) is 18.0. The fraction of sp³-hybridized carbons (Fsp3) is 0.600. The van der Waals surface area contributed by atoms with Gasteiger partial charge in [0.15, 0.2) is 0 Å². The van der Waals surface area contributed by atoms with Crippen LogP contribution >= 0.6 is 0 Å². The molecule has 1 aromatic carbocycles. The minimum atomic E-state index is -3.71. The van der Waals surface area contributed by atoms with Crippen LogP contribution < -0.4 is 0 Å². The lowest BCUT2D eigenvalue weighted by molar-refractivity contribution is 0.185. The van der Waals surface area contributed by atoms with E-state index in [9.17, 15) is 12.8 Å². The van der Waals surface area contributed by atoms with E-state index in [0.29, 0.717) is 13.1 Å². The first kappa shape index (κ1) is 16.4. The van der Waals surface area contributed by atoms with E-state index in [2.05, 4.69) is 11.8 Å². The van der Waals surface area contributed by atoms with E-state index in [1.165, 1.54) is 35.3 Å². The summed E-state index contributed by atoms with van der Waals surface area (Å²) in [7, 11) is -3.71. The average molecular weight is 314 g/mol. The van der Waals surface area contributed by atoms with Crippen LogP contribution in [0.4, 0.5) is 4.39 Å². The molecule has 0 bridgehead atoms. The van der Waals surface area contributed by atoms with Crippen LogP contribution in [0.1, 0.15) is 26.2 Å². The summed E-state index contributed by atoms with van der Waals surface area (Å²) < 4.78 is 40.0. The van der Waals surface area contributed by atoms with Crippen molar-refractivity contribution < 1.29 is 12.8 Å². The minimum Gasteiger partial charge on any atom is -0.301 e. The lowest BCUT2D eigenvalue weighted by Crippen LogP contribution is -2.48. The van der Waals surface area contributed by atoms with Gasteiger partial charge in [0.05, 0.1) is 0 Å². The third-order valence-electron chi connectivity index (χ3n) is 3.86. The second kappa shape index (κ2) is 7.33. The van der Waals surface area contributed by atoms with Crippen molar-refractivity contribution in [1.29, 1.82) is 0 Å². The Morgan fingerprint density at radius 1 is 1.10 bits per heavy atom. The molecule has 0 atom stereocenters. The summed E-state index contributed by atoms with van der Waals surface area (Å²) >= 11 is 0. The number of nitrogens with zero attached hydrogens (tertiary/aromatic N) is 2. The number of benzene rings is 1. The second-order valence-corrected chi connectivity index (χ2v) is 7.29. The maximum Gasteiger partial charge on any atom is 0.246 e. The molecule has 0 saturated carbocycles. The van der Waals surface area contributed by atoms with Gasteiger partial charge >= 0.3 is 0 Å². The zero-order chi connectivity index (χ0) is 15.3. The standard InChI is InChI=1S/C15H23FN2O2S/c1-2-3-6-9-17-10-12-18(13-11-17)21(19,20)15-8-5-4-7-14(15)16/h4-5,7-8H,2-3,6,9-13H2,1H3. The van der Waals surface area contributed by atoms with Gasteiger partial charge in [-0.1, -0.05) is 31.9 Å². The summed E-state index contributed by atoms with van der Waals surface area (Å²) in [5.74, 6) is -0.678. The summed E-state index contributed by atoms with van der Waals surface area (Å²) in [6.07, 6.45) is 3.53. The topological polar surface area (TPSA) is 40.6 Å². The van der Waals surface area contributed by atoms with Crippen molar-refractivity contribution in [1.82, 2.24) is 9.21 Å². The van der Waals surface area contributed by atoms with E-state index in [4.69, 9.17) is 0 Å². The van der Waals surface area contributed by atoms with Crippen LogP contribution in [0.25, 0.3) is 0 Å².